The molecular formula is C16H16F3N5O2. The number of alkyl halides is 3. The molecule has 3 rings (SSSR count). The molecule has 1 aromatic carbocycles. The SMILES string of the molecule is O=C1NN=C(c2[nH]ncc2NCCCO)C1c1cccc(C(F)(F)F)c1. The highest BCUT2D eigenvalue weighted by atomic mass is 19.4. The second-order valence-electron chi connectivity index (χ2n) is 5.69. The molecule has 2 heterocycles. The number of aromatic nitrogens is 2. The lowest BCUT2D eigenvalue weighted by atomic mass is 9.91. The van der Waals surface area contributed by atoms with Gasteiger partial charge in [-0.3, -0.25) is 9.89 Å². The number of nitrogens with zero attached hydrogens (tertiary/aromatic N) is 2. The molecule has 1 aromatic heterocycles. The fourth-order valence-electron chi connectivity index (χ4n) is 2.69. The lowest BCUT2D eigenvalue weighted by molar-refractivity contribution is -0.137. The van der Waals surface area contributed by atoms with Crippen LogP contribution in [0.5, 0.6) is 0 Å². The normalized spacial score (nSPS) is 17.2. The van der Waals surface area contributed by atoms with Crippen molar-refractivity contribution in [2.75, 3.05) is 18.5 Å². The van der Waals surface area contributed by atoms with Crippen molar-refractivity contribution in [3.05, 3.63) is 47.3 Å². The summed E-state index contributed by atoms with van der Waals surface area (Å²) in [6, 6.07) is 4.61. The van der Waals surface area contributed by atoms with E-state index in [1.165, 1.54) is 18.3 Å². The van der Waals surface area contributed by atoms with Crippen molar-refractivity contribution >= 4 is 17.3 Å². The molecule has 1 unspecified atom stereocenters. The summed E-state index contributed by atoms with van der Waals surface area (Å²) < 4.78 is 38.9. The number of hydrogen-bond donors (Lipinski definition) is 4. The van der Waals surface area contributed by atoms with E-state index >= 15 is 0 Å². The number of benzene rings is 1. The number of hydrazone groups is 1. The van der Waals surface area contributed by atoms with Crippen LogP contribution < -0.4 is 10.7 Å². The first-order valence-electron chi connectivity index (χ1n) is 7.85. The maximum absolute atomic E-state index is 13.0. The van der Waals surface area contributed by atoms with Crippen molar-refractivity contribution in [2.24, 2.45) is 5.10 Å². The van der Waals surface area contributed by atoms with Gasteiger partial charge in [-0.1, -0.05) is 18.2 Å². The van der Waals surface area contributed by atoms with Gasteiger partial charge in [0.05, 0.1) is 17.4 Å². The molecule has 1 atom stereocenters. The topological polar surface area (TPSA) is 102 Å². The zero-order chi connectivity index (χ0) is 18.7. The highest BCUT2D eigenvalue weighted by molar-refractivity contribution is 6.21. The van der Waals surface area contributed by atoms with Crippen LogP contribution in [0, 0.1) is 0 Å². The van der Waals surface area contributed by atoms with Gasteiger partial charge in [-0.25, -0.2) is 5.43 Å². The van der Waals surface area contributed by atoms with Crippen molar-refractivity contribution in [1.29, 1.82) is 0 Å². The number of hydrogen-bond acceptors (Lipinski definition) is 5. The Balaban J connectivity index is 1.92. The molecule has 0 radical (unpaired) electrons. The zero-order valence-corrected chi connectivity index (χ0v) is 13.5. The minimum atomic E-state index is -4.51. The standard InChI is InChI=1S/C16H16F3N5O2/c17-16(18,19)10-4-1-3-9(7-10)12-14(23-24-15(12)26)13-11(8-21-22-13)20-5-2-6-25/h1,3-4,7-8,12,20,25H,2,5-6H2,(H,21,22)(H,24,26). The average Bonchev–Trinajstić information content (AvgIpc) is 3.20. The van der Waals surface area contributed by atoms with Gasteiger partial charge in [0, 0.05) is 13.2 Å². The fraction of sp³-hybridized carbons (Fsp3) is 0.312. The van der Waals surface area contributed by atoms with Crippen molar-refractivity contribution < 1.29 is 23.1 Å². The largest absolute Gasteiger partial charge is 0.416 e. The number of nitrogens with one attached hydrogen (secondary N) is 3. The number of H-pyrrole nitrogens is 1. The monoisotopic (exact) mass is 367 g/mol. The van der Waals surface area contributed by atoms with Crippen LogP contribution in [0.2, 0.25) is 0 Å². The second kappa shape index (κ2) is 7.16. The highest BCUT2D eigenvalue weighted by Gasteiger charge is 2.37. The van der Waals surface area contributed by atoms with Crippen molar-refractivity contribution in [3.63, 3.8) is 0 Å². The van der Waals surface area contributed by atoms with Gasteiger partial charge in [0.1, 0.15) is 17.3 Å². The zero-order valence-electron chi connectivity index (χ0n) is 13.5. The lowest BCUT2D eigenvalue weighted by Gasteiger charge is -2.14. The average molecular weight is 367 g/mol. The van der Waals surface area contributed by atoms with Crippen LogP contribution in [0.25, 0.3) is 0 Å². The van der Waals surface area contributed by atoms with Crippen LogP contribution in [0.15, 0.2) is 35.6 Å². The van der Waals surface area contributed by atoms with Gasteiger partial charge < -0.3 is 10.4 Å². The number of carbonyl (C=O) groups excluding carboxylic acids is 1. The highest BCUT2D eigenvalue weighted by Crippen LogP contribution is 2.33. The quantitative estimate of drug-likeness (QED) is 0.585. The van der Waals surface area contributed by atoms with E-state index in [4.69, 9.17) is 5.11 Å². The summed E-state index contributed by atoms with van der Waals surface area (Å²) in [7, 11) is 0. The fourth-order valence-corrected chi connectivity index (χ4v) is 2.69. The Bertz CT molecular complexity index is 831. The first kappa shape index (κ1) is 17.9. The predicted octanol–water partition coefficient (Wildman–Crippen LogP) is 1.84. The minimum Gasteiger partial charge on any atom is -0.396 e. The van der Waals surface area contributed by atoms with Gasteiger partial charge in [0.25, 0.3) is 5.91 Å². The molecule has 0 aliphatic carbocycles. The first-order chi connectivity index (χ1) is 12.4. The Morgan fingerprint density at radius 2 is 2.12 bits per heavy atom. The molecule has 0 saturated carbocycles. The summed E-state index contributed by atoms with van der Waals surface area (Å²) in [4.78, 5) is 12.2. The Labute approximate surface area is 146 Å². The lowest BCUT2D eigenvalue weighted by Crippen LogP contribution is -2.23. The molecule has 0 fully saturated rings. The summed E-state index contributed by atoms with van der Waals surface area (Å²) >= 11 is 0. The summed E-state index contributed by atoms with van der Waals surface area (Å²) in [5.74, 6) is -1.51. The van der Waals surface area contributed by atoms with E-state index in [0.717, 1.165) is 12.1 Å². The second-order valence-corrected chi connectivity index (χ2v) is 5.69. The Hall–Kier alpha value is -2.88. The molecule has 1 aliphatic rings. The number of aliphatic hydroxyl groups excluding tert-OH is 1. The summed E-state index contributed by atoms with van der Waals surface area (Å²) in [5, 5.41) is 22.5. The van der Waals surface area contributed by atoms with Crippen molar-refractivity contribution in [2.45, 2.75) is 18.5 Å². The third-order valence-corrected chi connectivity index (χ3v) is 3.92. The number of aromatic amines is 1. The molecule has 1 aliphatic heterocycles. The molecule has 0 bridgehead atoms. The molecular weight excluding hydrogens is 351 g/mol. The predicted molar refractivity (Wildman–Crippen MR) is 87.6 cm³/mol. The summed E-state index contributed by atoms with van der Waals surface area (Å²) in [5.41, 5.74) is 2.86. The molecule has 138 valence electrons. The number of carbonyl (C=O) groups is 1. The van der Waals surface area contributed by atoms with E-state index in [2.05, 4.69) is 26.0 Å². The number of rotatable bonds is 6. The minimum absolute atomic E-state index is 0.00797. The van der Waals surface area contributed by atoms with E-state index in [9.17, 15) is 18.0 Å². The summed E-state index contributed by atoms with van der Waals surface area (Å²) in [6.45, 7) is 0.472. The van der Waals surface area contributed by atoms with Crippen LogP contribution >= 0.6 is 0 Å². The van der Waals surface area contributed by atoms with E-state index in [-0.39, 0.29) is 17.9 Å². The Morgan fingerprint density at radius 3 is 2.85 bits per heavy atom. The number of amides is 1. The van der Waals surface area contributed by atoms with E-state index < -0.39 is 23.6 Å². The maximum atomic E-state index is 13.0. The van der Waals surface area contributed by atoms with Gasteiger partial charge in [-0.2, -0.15) is 23.4 Å². The number of aliphatic hydroxyl groups is 1. The van der Waals surface area contributed by atoms with Gasteiger partial charge in [0.15, 0.2) is 0 Å². The van der Waals surface area contributed by atoms with Gasteiger partial charge in [0.2, 0.25) is 0 Å². The maximum Gasteiger partial charge on any atom is 0.416 e. The number of halogens is 3. The van der Waals surface area contributed by atoms with Crippen molar-refractivity contribution in [3.8, 4) is 0 Å². The molecule has 4 N–H and O–H groups in total. The van der Waals surface area contributed by atoms with Crippen LogP contribution in [0.3, 0.4) is 0 Å². The van der Waals surface area contributed by atoms with Crippen molar-refractivity contribution in [1.82, 2.24) is 15.6 Å². The molecule has 0 saturated heterocycles. The summed E-state index contributed by atoms with van der Waals surface area (Å²) in [6.07, 6.45) is -2.51. The van der Waals surface area contributed by atoms with Gasteiger partial charge in [-0.05, 0) is 18.1 Å². The van der Waals surface area contributed by atoms with Crippen LogP contribution in [0.4, 0.5) is 18.9 Å². The Kier molecular flexibility index (Phi) is 4.94. The number of anilines is 1. The first-order valence-corrected chi connectivity index (χ1v) is 7.85. The van der Waals surface area contributed by atoms with Crippen LogP contribution in [-0.4, -0.2) is 40.1 Å². The van der Waals surface area contributed by atoms with E-state index in [0.29, 0.717) is 24.3 Å². The van der Waals surface area contributed by atoms with Gasteiger partial charge >= 0.3 is 6.18 Å². The Morgan fingerprint density at radius 1 is 1.31 bits per heavy atom. The van der Waals surface area contributed by atoms with E-state index in [1.807, 2.05) is 0 Å². The molecule has 10 heteroatoms. The molecule has 0 spiro atoms. The third-order valence-electron chi connectivity index (χ3n) is 3.92. The van der Waals surface area contributed by atoms with Gasteiger partial charge in [-0.15, -0.1) is 0 Å². The molecule has 2 aromatic rings. The third kappa shape index (κ3) is 3.54. The van der Waals surface area contributed by atoms with E-state index in [1.54, 1.807) is 0 Å². The van der Waals surface area contributed by atoms with Crippen LogP contribution in [-0.2, 0) is 11.0 Å². The smallest absolute Gasteiger partial charge is 0.396 e. The molecule has 7 nitrogen and oxygen atoms in total. The molecule has 1 amide bonds. The van der Waals surface area contributed by atoms with Crippen LogP contribution in [0.1, 0.15) is 29.2 Å². The molecule has 26 heavy (non-hydrogen) atoms.